The van der Waals surface area contributed by atoms with Crippen LogP contribution in [0.25, 0.3) is 0 Å². The number of aliphatic hydroxyl groups is 3. The molecule has 1 fully saturated rings. The number of carbonyl (C=O) groups is 4. The summed E-state index contributed by atoms with van der Waals surface area (Å²) in [6, 6.07) is 6.02. The van der Waals surface area contributed by atoms with Crippen LogP contribution in [0.2, 0.25) is 0 Å². The number of imide groups is 1. The number of hydrogen-bond acceptors (Lipinski definition) is 12. The van der Waals surface area contributed by atoms with Crippen LogP contribution < -0.4 is 15.4 Å². The van der Waals surface area contributed by atoms with Crippen molar-refractivity contribution >= 4 is 68.8 Å². The molecule has 7 N–H and O–H groups in total. The van der Waals surface area contributed by atoms with Gasteiger partial charge in [-0.2, -0.15) is 0 Å². The zero-order chi connectivity index (χ0) is 36.8. The van der Waals surface area contributed by atoms with Crippen molar-refractivity contribution in [1.82, 2.24) is 10.2 Å². The Morgan fingerprint density at radius 2 is 1.48 bits per heavy atom. The highest BCUT2D eigenvalue weighted by Crippen LogP contribution is 2.37. The van der Waals surface area contributed by atoms with Crippen molar-refractivity contribution in [3.8, 4) is 5.75 Å². The molecule has 1 saturated heterocycles. The maximum Gasteiger partial charge on any atom is 0.325 e. The third-order valence-electron chi connectivity index (χ3n) is 7.52. The van der Waals surface area contributed by atoms with E-state index in [0.717, 1.165) is 4.90 Å². The number of anilines is 1. The molecule has 0 unspecified atom stereocenters. The minimum absolute atomic E-state index is 0.0727. The molecule has 0 saturated carbocycles. The van der Waals surface area contributed by atoms with Gasteiger partial charge >= 0.3 is 7.60 Å². The van der Waals surface area contributed by atoms with Crippen LogP contribution in [-0.2, 0) is 38.0 Å². The summed E-state index contributed by atoms with van der Waals surface area (Å²) in [5.41, 5.74) is 0.447. The second-order valence-electron chi connectivity index (χ2n) is 11.4. The third kappa shape index (κ3) is 13.7. The molecule has 2 heterocycles. The van der Waals surface area contributed by atoms with Gasteiger partial charge in [0.2, 0.25) is 18.1 Å². The van der Waals surface area contributed by atoms with Gasteiger partial charge in [0.15, 0.2) is 0 Å². The molecular formula is C30H42Br2N3O14P. The number of amides is 4. The molecule has 0 spiro atoms. The standard InChI is InChI=1S/C30H42Br2N3O14P/c31-23-24(32)29(42)35(28(23)41)12-3-1-2-4-21(36)33-11-14-47-16-15-46-13-9-22(37)34-18-5-7-19(8-6-18)48-30-27(40)26(39)25(38)20(49-30)10-17-50(43,44)45/h5-8,20,25-27,30,38-40H,1-4,9-17H2,(H,33,36)(H,34,37)(H2,43,44,45)/t20-,25-,26+,27+,30+/m1/s1. The van der Waals surface area contributed by atoms with E-state index in [-0.39, 0.29) is 84.2 Å². The molecule has 0 aliphatic carbocycles. The Kier molecular flexibility index (Phi) is 17.4. The number of carbonyl (C=O) groups excluding carboxylic acids is 4. The van der Waals surface area contributed by atoms with Gasteiger partial charge in [-0.05, 0) is 75.4 Å². The van der Waals surface area contributed by atoms with Crippen molar-refractivity contribution < 1.29 is 67.8 Å². The molecule has 0 bridgehead atoms. The molecule has 20 heteroatoms. The molecule has 0 radical (unpaired) electrons. The van der Waals surface area contributed by atoms with Crippen molar-refractivity contribution in [1.29, 1.82) is 0 Å². The Morgan fingerprint density at radius 1 is 0.840 bits per heavy atom. The normalized spacial score (nSPS) is 22.6. The van der Waals surface area contributed by atoms with Crippen molar-refractivity contribution in [3.63, 3.8) is 0 Å². The highest BCUT2D eigenvalue weighted by atomic mass is 79.9. The first kappa shape index (κ1) is 42.1. The van der Waals surface area contributed by atoms with Crippen LogP contribution in [0.3, 0.4) is 0 Å². The van der Waals surface area contributed by atoms with Crippen LogP contribution in [0, 0.1) is 0 Å². The number of unbranched alkanes of at least 4 members (excludes halogenated alkanes) is 2. The first-order chi connectivity index (χ1) is 23.7. The lowest BCUT2D eigenvalue weighted by molar-refractivity contribution is -0.272. The first-order valence-electron chi connectivity index (χ1n) is 15.8. The zero-order valence-electron chi connectivity index (χ0n) is 26.9. The Morgan fingerprint density at radius 3 is 2.12 bits per heavy atom. The van der Waals surface area contributed by atoms with Gasteiger partial charge < -0.3 is 54.7 Å². The van der Waals surface area contributed by atoms with Gasteiger partial charge in [0, 0.05) is 25.2 Å². The SMILES string of the molecule is O=C(CCCCCN1C(=O)C(Br)=C(Br)C1=O)NCCOCCOCCC(=O)Nc1ccc(O[C@H]2O[C@H](CCP(=O)(O)O)[C@@H](O)[C@H](O)[C@@H]2O)cc1. The van der Waals surface area contributed by atoms with E-state index in [1.165, 1.54) is 24.3 Å². The third-order valence-corrected chi connectivity index (χ3v) is 10.4. The van der Waals surface area contributed by atoms with E-state index in [9.17, 15) is 39.1 Å². The lowest BCUT2D eigenvalue weighted by atomic mass is 9.97. The monoisotopic (exact) mass is 857 g/mol. The molecule has 3 rings (SSSR count). The second-order valence-corrected chi connectivity index (χ2v) is 14.8. The van der Waals surface area contributed by atoms with E-state index in [2.05, 4.69) is 42.5 Å². The van der Waals surface area contributed by atoms with Gasteiger partial charge in [0.1, 0.15) is 33.0 Å². The molecule has 17 nitrogen and oxygen atoms in total. The summed E-state index contributed by atoms with van der Waals surface area (Å²) in [5, 5.41) is 35.9. The van der Waals surface area contributed by atoms with Gasteiger partial charge in [-0.1, -0.05) is 6.42 Å². The zero-order valence-corrected chi connectivity index (χ0v) is 31.0. The lowest BCUT2D eigenvalue weighted by Gasteiger charge is -2.40. The number of hydrogen-bond donors (Lipinski definition) is 7. The molecule has 280 valence electrons. The topological polar surface area (TPSA) is 251 Å². The highest BCUT2D eigenvalue weighted by molar-refractivity contribution is 9.14. The average Bonchev–Trinajstić information content (AvgIpc) is 3.25. The van der Waals surface area contributed by atoms with Gasteiger partial charge in [-0.15, -0.1) is 0 Å². The summed E-state index contributed by atoms with van der Waals surface area (Å²) in [6.45, 7) is 1.57. The van der Waals surface area contributed by atoms with E-state index < -0.39 is 44.5 Å². The molecule has 1 aromatic rings. The Labute approximate surface area is 305 Å². The molecule has 4 amide bonds. The molecule has 2 aliphatic heterocycles. The van der Waals surface area contributed by atoms with Crippen molar-refractivity contribution in [2.75, 3.05) is 51.0 Å². The van der Waals surface area contributed by atoms with Crippen LogP contribution in [0.5, 0.6) is 5.75 Å². The summed E-state index contributed by atoms with van der Waals surface area (Å²) < 4.78 is 33.5. The van der Waals surface area contributed by atoms with Crippen LogP contribution in [0.1, 0.15) is 38.5 Å². The van der Waals surface area contributed by atoms with Crippen molar-refractivity contribution in [3.05, 3.63) is 33.2 Å². The molecule has 1 aromatic carbocycles. The van der Waals surface area contributed by atoms with E-state index in [4.69, 9.17) is 28.7 Å². The molecule has 0 aromatic heterocycles. The quantitative estimate of drug-likeness (QED) is 0.0515. The number of ether oxygens (including phenoxy) is 4. The number of rotatable bonds is 21. The number of nitrogens with one attached hydrogen (secondary N) is 2. The van der Waals surface area contributed by atoms with Crippen LogP contribution in [-0.4, -0.2) is 130 Å². The Balaban J connectivity index is 1.19. The predicted octanol–water partition coefficient (Wildman–Crippen LogP) is 0.849. The van der Waals surface area contributed by atoms with Gasteiger partial charge in [0.05, 0.1) is 45.1 Å². The second kappa shape index (κ2) is 20.7. The summed E-state index contributed by atoms with van der Waals surface area (Å²) in [4.78, 5) is 67.5. The predicted molar refractivity (Wildman–Crippen MR) is 183 cm³/mol. The lowest BCUT2D eigenvalue weighted by Crippen LogP contribution is -2.59. The molecule has 5 atom stereocenters. The van der Waals surface area contributed by atoms with E-state index in [1.54, 1.807) is 0 Å². The molecular weight excluding hydrogens is 817 g/mol. The van der Waals surface area contributed by atoms with Crippen molar-refractivity contribution in [2.45, 2.75) is 69.2 Å². The fourth-order valence-corrected chi connectivity index (χ4v) is 6.17. The molecule has 50 heavy (non-hydrogen) atoms. The fraction of sp³-hybridized carbons (Fsp3) is 0.600. The summed E-state index contributed by atoms with van der Waals surface area (Å²) >= 11 is 6.17. The average molecular weight is 859 g/mol. The number of nitrogens with zero attached hydrogens (tertiary/aromatic N) is 1. The van der Waals surface area contributed by atoms with E-state index >= 15 is 0 Å². The maximum absolute atomic E-state index is 12.3. The summed E-state index contributed by atoms with van der Waals surface area (Å²) in [5.74, 6) is -0.973. The summed E-state index contributed by atoms with van der Waals surface area (Å²) in [6.07, 6.45) is -6.03. The highest BCUT2D eigenvalue weighted by Gasteiger charge is 2.45. The van der Waals surface area contributed by atoms with Gasteiger partial charge in [-0.3, -0.25) is 28.6 Å². The summed E-state index contributed by atoms with van der Waals surface area (Å²) in [7, 11) is -4.38. The van der Waals surface area contributed by atoms with Crippen LogP contribution in [0.4, 0.5) is 5.69 Å². The fourth-order valence-electron chi connectivity index (χ4n) is 4.81. The Bertz CT molecular complexity index is 1370. The Hall–Kier alpha value is -2.29. The first-order valence-corrected chi connectivity index (χ1v) is 19.2. The van der Waals surface area contributed by atoms with Gasteiger partial charge in [-0.25, -0.2) is 0 Å². The van der Waals surface area contributed by atoms with Crippen LogP contribution >= 0.6 is 39.5 Å². The number of halogens is 2. The van der Waals surface area contributed by atoms with Crippen LogP contribution in [0.15, 0.2) is 33.2 Å². The number of aliphatic hydroxyl groups excluding tert-OH is 3. The van der Waals surface area contributed by atoms with Gasteiger partial charge in [0.25, 0.3) is 11.8 Å². The maximum atomic E-state index is 12.3. The van der Waals surface area contributed by atoms with Crippen molar-refractivity contribution in [2.24, 2.45) is 0 Å². The molecule has 2 aliphatic rings. The minimum atomic E-state index is -4.38. The number of benzene rings is 1. The smallest absolute Gasteiger partial charge is 0.325 e. The van der Waals surface area contributed by atoms with E-state index in [1.807, 2.05) is 0 Å². The minimum Gasteiger partial charge on any atom is -0.462 e. The largest absolute Gasteiger partial charge is 0.462 e. The van der Waals surface area contributed by atoms with E-state index in [0.29, 0.717) is 37.9 Å².